The van der Waals surface area contributed by atoms with Gasteiger partial charge in [0.25, 0.3) is 0 Å². The highest BCUT2D eigenvalue weighted by Gasteiger charge is 2.10. The van der Waals surface area contributed by atoms with E-state index in [4.69, 9.17) is 0 Å². The van der Waals surface area contributed by atoms with Crippen LogP contribution in [-0.2, 0) is 0 Å². The molecule has 0 atom stereocenters. The number of hydrogen-bond acceptors (Lipinski definition) is 6. The van der Waals surface area contributed by atoms with E-state index in [1.807, 2.05) is 0 Å². The molecular weight excluding hydrogens is 300 g/mol. The molecule has 24 heavy (non-hydrogen) atoms. The van der Waals surface area contributed by atoms with Crippen molar-refractivity contribution in [3.05, 3.63) is 0 Å². The van der Waals surface area contributed by atoms with Crippen molar-refractivity contribution in [1.82, 2.24) is 31.1 Å². The lowest BCUT2D eigenvalue weighted by Crippen LogP contribution is -2.41. The largest absolute Gasteiger partial charge is 0.315 e. The summed E-state index contributed by atoms with van der Waals surface area (Å²) in [5.41, 5.74) is 0. The summed E-state index contributed by atoms with van der Waals surface area (Å²) >= 11 is 0. The van der Waals surface area contributed by atoms with E-state index in [0.29, 0.717) is 0 Å². The molecule has 2 saturated heterocycles. The third-order valence-electron chi connectivity index (χ3n) is 5.00. The molecule has 0 spiro atoms. The van der Waals surface area contributed by atoms with E-state index in [2.05, 4.69) is 31.1 Å². The van der Waals surface area contributed by atoms with E-state index < -0.39 is 0 Å². The maximum atomic E-state index is 3.56. The summed E-state index contributed by atoms with van der Waals surface area (Å²) < 4.78 is 0. The van der Waals surface area contributed by atoms with E-state index in [0.717, 1.165) is 52.4 Å². The fourth-order valence-corrected chi connectivity index (χ4v) is 3.52. The number of nitrogens with zero attached hydrogens (tertiary/aromatic N) is 2. The Morgan fingerprint density at radius 3 is 0.917 bits per heavy atom. The van der Waals surface area contributed by atoms with Gasteiger partial charge in [0, 0.05) is 39.3 Å². The van der Waals surface area contributed by atoms with Crippen molar-refractivity contribution in [2.24, 2.45) is 0 Å². The van der Waals surface area contributed by atoms with Crippen LogP contribution in [0.25, 0.3) is 0 Å². The summed E-state index contributed by atoms with van der Waals surface area (Å²) in [6, 6.07) is 0. The normalized spacial score (nSPS) is 31.0. The molecule has 0 radical (unpaired) electrons. The zero-order chi connectivity index (χ0) is 16.7. The first-order valence-corrected chi connectivity index (χ1v) is 10.2. The van der Waals surface area contributed by atoms with Crippen molar-refractivity contribution in [2.45, 2.75) is 25.7 Å². The predicted molar refractivity (Wildman–Crippen MR) is 103 cm³/mol. The second-order valence-corrected chi connectivity index (χ2v) is 7.10. The molecule has 0 amide bonds. The van der Waals surface area contributed by atoms with Crippen LogP contribution in [-0.4, -0.2) is 101 Å². The first kappa shape index (κ1) is 20.1. The summed E-state index contributed by atoms with van der Waals surface area (Å²) in [5, 5.41) is 14.2. The molecule has 2 aliphatic heterocycles. The van der Waals surface area contributed by atoms with Gasteiger partial charge in [-0.15, -0.1) is 0 Å². The Labute approximate surface area is 149 Å². The smallest absolute Gasteiger partial charge is 0.0109 e. The van der Waals surface area contributed by atoms with Crippen LogP contribution in [0.1, 0.15) is 25.7 Å². The summed E-state index contributed by atoms with van der Waals surface area (Å²) in [6.07, 6.45) is 5.05. The van der Waals surface area contributed by atoms with E-state index in [1.54, 1.807) is 0 Å². The number of nitrogens with one attached hydrogen (secondary N) is 4. The van der Waals surface area contributed by atoms with Gasteiger partial charge in [-0.05, 0) is 78.0 Å². The van der Waals surface area contributed by atoms with Gasteiger partial charge in [0.05, 0.1) is 0 Å². The average molecular weight is 341 g/mol. The van der Waals surface area contributed by atoms with Crippen LogP contribution in [0, 0.1) is 0 Å². The molecule has 2 rings (SSSR count). The third-order valence-corrected chi connectivity index (χ3v) is 5.00. The Bertz CT molecular complexity index is 237. The average Bonchev–Trinajstić information content (AvgIpc) is 2.60. The maximum absolute atomic E-state index is 3.56. The summed E-state index contributed by atoms with van der Waals surface area (Å²) in [4.78, 5) is 5.37. The van der Waals surface area contributed by atoms with Crippen LogP contribution in [0.15, 0.2) is 0 Å². The fraction of sp³-hybridized carbons (Fsp3) is 1.00. The van der Waals surface area contributed by atoms with Crippen molar-refractivity contribution in [2.75, 3.05) is 91.6 Å². The number of hydrogen-bond donors (Lipinski definition) is 4. The minimum atomic E-state index is 1.10. The van der Waals surface area contributed by atoms with Crippen LogP contribution in [0.2, 0.25) is 0 Å². The number of rotatable bonds is 0. The zero-order valence-electron chi connectivity index (χ0n) is 15.6. The van der Waals surface area contributed by atoms with E-state index >= 15 is 0 Å². The molecule has 2 aliphatic rings. The Morgan fingerprint density at radius 2 is 0.625 bits per heavy atom. The zero-order valence-corrected chi connectivity index (χ0v) is 15.6. The minimum Gasteiger partial charge on any atom is -0.315 e. The maximum Gasteiger partial charge on any atom is 0.0109 e. The highest BCUT2D eigenvalue weighted by atomic mass is 15.2. The third kappa shape index (κ3) is 9.91. The lowest BCUT2D eigenvalue weighted by Gasteiger charge is -2.29. The highest BCUT2D eigenvalue weighted by Crippen LogP contribution is 2.00. The molecule has 6 heteroatoms. The van der Waals surface area contributed by atoms with Crippen molar-refractivity contribution < 1.29 is 0 Å². The van der Waals surface area contributed by atoms with Crippen molar-refractivity contribution in [3.8, 4) is 0 Å². The molecule has 0 aromatic rings. The van der Waals surface area contributed by atoms with Crippen LogP contribution in [0.4, 0.5) is 0 Å². The molecule has 4 N–H and O–H groups in total. The van der Waals surface area contributed by atoms with Gasteiger partial charge in [-0.25, -0.2) is 0 Å². The Kier molecular flexibility index (Phi) is 11.7. The highest BCUT2D eigenvalue weighted by molar-refractivity contribution is 4.68. The molecule has 6 nitrogen and oxygen atoms in total. The van der Waals surface area contributed by atoms with Gasteiger partial charge < -0.3 is 31.1 Å². The van der Waals surface area contributed by atoms with Crippen LogP contribution in [0.5, 0.6) is 0 Å². The lowest BCUT2D eigenvalue weighted by atomic mass is 10.2. The van der Waals surface area contributed by atoms with Crippen LogP contribution >= 0.6 is 0 Å². The standard InChI is InChI=1S/C18H40N6/c1-5-19-9-10-20-7-3-15-24-16-4-8-22-12-11-21-6-2-14-23(13-1)17-18-24/h19-22H,1-18H2. The van der Waals surface area contributed by atoms with E-state index in [-0.39, 0.29) is 0 Å². The summed E-state index contributed by atoms with van der Waals surface area (Å²) in [6.45, 7) is 16.3. The molecule has 2 fully saturated rings. The molecular formula is C18H40N6. The second-order valence-electron chi connectivity index (χ2n) is 7.10. The van der Waals surface area contributed by atoms with E-state index in [1.165, 1.54) is 65.0 Å². The molecule has 0 aromatic carbocycles. The topological polar surface area (TPSA) is 54.6 Å². The fourth-order valence-electron chi connectivity index (χ4n) is 3.52. The molecule has 0 unspecified atom stereocenters. The van der Waals surface area contributed by atoms with Crippen LogP contribution in [0.3, 0.4) is 0 Å². The van der Waals surface area contributed by atoms with Crippen molar-refractivity contribution in [3.63, 3.8) is 0 Å². The second kappa shape index (κ2) is 14.0. The lowest BCUT2D eigenvalue weighted by molar-refractivity contribution is 0.194. The number of fused-ring (bicyclic) bond motifs is 3. The van der Waals surface area contributed by atoms with Crippen molar-refractivity contribution in [1.29, 1.82) is 0 Å². The van der Waals surface area contributed by atoms with E-state index in [9.17, 15) is 0 Å². The van der Waals surface area contributed by atoms with Gasteiger partial charge in [-0.1, -0.05) is 0 Å². The molecule has 0 aliphatic carbocycles. The van der Waals surface area contributed by atoms with Gasteiger partial charge in [0.1, 0.15) is 0 Å². The summed E-state index contributed by atoms with van der Waals surface area (Å²) in [7, 11) is 0. The Morgan fingerprint density at radius 1 is 0.333 bits per heavy atom. The first-order valence-electron chi connectivity index (χ1n) is 10.2. The quantitative estimate of drug-likeness (QED) is 0.479. The van der Waals surface area contributed by atoms with Gasteiger partial charge >= 0.3 is 0 Å². The first-order chi connectivity index (χ1) is 11.9. The van der Waals surface area contributed by atoms with Gasteiger partial charge in [0.2, 0.25) is 0 Å². The molecule has 0 saturated carbocycles. The molecule has 2 bridgehead atoms. The van der Waals surface area contributed by atoms with Crippen molar-refractivity contribution >= 4 is 0 Å². The minimum absolute atomic E-state index is 1.10. The van der Waals surface area contributed by atoms with Gasteiger partial charge in [-0.2, -0.15) is 0 Å². The summed E-state index contributed by atoms with van der Waals surface area (Å²) in [5.74, 6) is 0. The Balaban J connectivity index is 1.85. The molecule has 0 aromatic heterocycles. The SMILES string of the molecule is C1CNCCNCCCN2CCCNCCNCCCN(C1)CC2. The molecule has 2 heterocycles. The predicted octanol–water partition coefficient (Wildman–Crippen LogP) is -0.464. The monoisotopic (exact) mass is 340 g/mol. The van der Waals surface area contributed by atoms with Crippen LogP contribution < -0.4 is 21.3 Å². The van der Waals surface area contributed by atoms with Gasteiger partial charge in [0.15, 0.2) is 0 Å². The van der Waals surface area contributed by atoms with Gasteiger partial charge in [-0.3, -0.25) is 0 Å². The Hall–Kier alpha value is -0.240. The molecule has 142 valence electrons.